The normalized spacial score (nSPS) is 23.7. The summed E-state index contributed by atoms with van der Waals surface area (Å²) in [6.45, 7) is 4.02. The number of pyridine rings is 1. The maximum Gasteiger partial charge on any atom is 0.0480 e. The second-order valence-corrected chi connectivity index (χ2v) is 4.41. The summed E-state index contributed by atoms with van der Waals surface area (Å²) in [5, 5.41) is 3.67. The molecule has 0 saturated carbocycles. The average molecular weight is 220 g/mol. The van der Waals surface area contributed by atoms with Crippen LogP contribution in [0.2, 0.25) is 0 Å². The molecule has 1 aromatic heterocycles. The molecule has 1 aromatic rings. The van der Waals surface area contributed by atoms with Crippen molar-refractivity contribution in [3.05, 3.63) is 30.1 Å². The Balaban J connectivity index is 1.88. The summed E-state index contributed by atoms with van der Waals surface area (Å²) in [6, 6.07) is 5.13. The Kier molecular flexibility index (Phi) is 4.31. The molecule has 1 fully saturated rings. The molecule has 1 aliphatic heterocycles. The molecule has 0 bridgehead atoms. The molecule has 1 aliphatic rings. The summed E-state index contributed by atoms with van der Waals surface area (Å²) < 4.78 is 5.46. The number of nitrogens with one attached hydrogen (secondary N) is 1. The molecule has 3 nitrogen and oxygen atoms in total. The van der Waals surface area contributed by atoms with Gasteiger partial charge < -0.3 is 10.1 Å². The van der Waals surface area contributed by atoms with Crippen LogP contribution in [0.4, 0.5) is 0 Å². The summed E-state index contributed by atoms with van der Waals surface area (Å²) in [5.74, 6) is 0. The van der Waals surface area contributed by atoms with E-state index in [2.05, 4.69) is 29.4 Å². The Morgan fingerprint density at radius 3 is 2.94 bits per heavy atom. The van der Waals surface area contributed by atoms with E-state index in [1.54, 1.807) is 0 Å². The third-order valence-corrected chi connectivity index (χ3v) is 3.14. The Bertz CT molecular complexity index is 294. The van der Waals surface area contributed by atoms with E-state index in [4.69, 9.17) is 4.74 Å². The van der Waals surface area contributed by atoms with Gasteiger partial charge in [0.2, 0.25) is 0 Å². The topological polar surface area (TPSA) is 34.1 Å². The van der Waals surface area contributed by atoms with Crippen LogP contribution in [0.25, 0.3) is 0 Å². The zero-order valence-electron chi connectivity index (χ0n) is 9.86. The highest BCUT2D eigenvalue weighted by Gasteiger charge is 2.15. The number of rotatable bonds is 3. The summed E-state index contributed by atoms with van der Waals surface area (Å²) in [5.41, 5.74) is 1.31. The molecule has 1 N–H and O–H groups in total. The fourth-order valence-corrected chi connectivity index (χ4v) is 2.17. The fourth-order valence-electron chi connectivity index (χ4n) is 2.17. The first-order valence-electron chi connectivity index (χ1n) is 6.10. The highest BCUT2D eigenvalue weighted by atomic mass is 16.5. The summed E-state index contributed by atoms with van der Waals surface area (Å²) in [4.78, 5) is 4.04. The molecular weight excluding hydrogens is 200 g/mol. The number of ether oxygens (including phenoxy) is 1. The maximum atomic E-state index is 5.46. The molecule has 0 radical (unpaired) electrons. The van der Waals surface area contributed by atoms with Crippen LogP contribution in [-0.4, -0.2) is 24.2 Å². The van der Waals surface area contributed by atoms with Gasteiger partial charge in [-0.05, 0) is 43.9 Å². The Morgan fingerprint density at radius 2 is 2.12 bits per heavy atom. The van der Waals surface area contributed by atoms with Crippen LogP contribution >= 0.6 is 0 Å². The molecule has 2 heterocycles. The SMILES string of the molecule is CC(NC1CCCOCC1)c1ccncc1. The van der Waals surface area contributed by atoms with E-state index in [9.17, 15) is 0 Å². The van der Waals surface area contributed by atoms with E-state index < -0.39 is 0 Å². The van der Waals surface area contributed by atoms with Gasteiger partial charge in [0.05, 0.1) is 0 Å². The van der Waals surface area contributed by atoms with Crippen LogP contribution in [0.3, 0.4) is 0 Å². The first-order valence-corrected chi connectivity index (χ1v) is 6.10. The summed E-state index contributed by atoms with van der Waals surface area (Å²) in [7, 11) is 0. The van der Waals surface area contributed by atoms with Crippen molar-refractivity contribution in [1.82, 2.24) is 10.3 Å². The van der Waals surface area contributed by atoms with Crippen LogP contribution in [0.1, 0.15) is 37.8 Å². The zero-order valence-corrected chi connectivity index (χ0v) is 9.86. The summed E-state index contributed by atoms with van der Waals surface area (Å²) in [6.07, 6.45) is 7.21. The lowest BCUT2D eigenvalue weighted by Gasteiger charge is -2.21. The number of aromatic nitrogens is 1. The largest absolute Gasteiger partial charge is 0.381 e. The monoisotopic (exact) mass is 220 g/mol. The molecule has 0 spiro atoms. The average Bonchev–Trinajstić information content (AvgIpc) is 2.59. The summed E-state index contributed by atoms with van der Waals surface area (Å²) >= 11 is 0. The molecule has 88 valence electrons. The van der Waals surface area contributed by atoms with Gasteiger partial charge in [-0.25, -0.2) is 0 Å². The van der Waals surface area contributed by atoms with Crippen molar-refractivity contribution in [3.8, 4) is 0 Å². The first kappa shape index (κ1) is 11.6. The second-order valence-electron chi connectivity index (χ2n) is 4.41. The molecule has 2 rings (SSSR count). The van der Waals surface area contributed by atoms with Gasteiger partial charge in [-0.15, -0.1) is 0 Å². The molecule has 0 aliphatic carbocycles. The van der Waals surface area contributed by atoms with Gasteiger partial charge >= 0.3 is 0 Å². The van der Waals surface area contributed by atoms with Crippen molar-refractivity contribution in [2.24, 2.45) is 0 Å². The van der Waals surface area contributed by atoms with Gasteiger partial charge in [-0.1, -0.05) is 0 Å². The lowest BCUT2D eigenvalue weighted by molar-refractivity contribution is 0.142. The van der Waals surface area contributed by atoms with E-state index >= 15 is 0 Å². The number of hydrogen-bond acceptors (Lipinski definition) is 3. The van der Waals surface area contributed by atoms with Gasteiger partial charge in [0, 0.05) is 37.7 Å². The van der Waals surface area contributed by atoms with Crippen molar-refractivity contribution in [1.29, 1.82) is 0 Å². The van der Waals surface area contributed by atoms with Crippen LogP contribution in [-0.2, 0) is 4.74 Å². The quantitative estimate of drug-likeness (QED) is 0.848. The highest BCUT2D eigenvalue weighted by molar-refractivity contribution is 5.14. The van der Waals surface area contributed by atoms with Crippen molar-refractivity contribution in [3.63, 3.8) is 0 Å². The van der Waals surface area contributed by atoms with Gasteiger partial charge in [-0.3, -0.25) is 4.98 Å². The van der Waals surface area contributed by atoms with E-state index in [-0.39, 0.29) is 0 Å². The van der Waals surface area contributed by atoms with E-state index in [0.29, 0.717) is 12.1 Å². The van der Waals surface area contributed by atoms with Gasteiger partial charge in [0.25, 0.3) is 0 Å². The number of hydrogen-bond donors (Lipinski definition) is 1. The molecule has 16 heavy (non-hydrogen) atoms. The molecule has 1 saturated heterocycles. The molecule has 3 heteroatoms. The minimum Gasteiger partial charge on any atom is -0.381 e. The predicted octanol–water partition coefficient (Wildman–Crippen LogP) is 2.30. The van der Waals surface area contributed by atoms with Gasteiger partial charge in [0.15, 0.2) is 0 Å². The van der Waals surface area contributed by atoms with E-state index in [1.807, 2.05) is 12.4 Å². The molecule has 2 unspecified atom stereocenters. The highest BCUT2D eigenvalue weighted by Crippen LogP contribution is 2.15. The lowest BCUT2D eigenvalue weighted by atomic mass is 10.1. The predicted molar refractivity (Wildman–Crippen MR) is 64.2 cm³/mol. The van der Waals surface area contributed by atoms with Gasteiger partial charge in [-0.2, -0.15) is 0 Å². The maximum absolute atomic E-state index is 5.46. The smallest absolute Gasteiger partial charge is 0.0480 e. The molecule has 0 aromatic carbocycles. The third-order valence-electron chi connectivity index (χ3n) is 3.14. The van der Waals surface area contributed by atoms with Gasteiger partial charge in [0.1, 0.15) is 0 Å². The van der Waals surface area contributed by atoms with Crippen molar-refractivity contribution in [2.75, 3.05) is 13.2 Å². The first-order chi connectivity index (χ1) is 7.86. The Labute approximate surface area is 97.2 Å². The van der Waals surface area contributed by atoms with Crippen LogP contribution in [0.5, 0.6) is 0 Å². The third kappa shape index (κ3) is 3.29. The second kappa shape index (κ2) is 5.97. The molecule has 2 atom stereocenters. The number of nitrogens with zero attached hydrogens (tertiary/aromatic N) is 1. The molecule has 0 amide bonds. The minimum absolute atomic E-state index is 0.395. The van der Waals surface area contributed by atoms with Crippen LogP contribution < -0.4 is 5.32 Å². The zero-order chi connectivity index (χ0) is 11.2. The lowest BCUT2D eigenvalue weighted by Crippen LogP contribution is -2.31. The van der Waals surface area contributed by atoms with Crippen molar-refractivity contribution in [2.45, 2.75) is 38.3 Å². The Hall–Kier alpha value is -0.930. The fraction of sp³-hybridized carbons (Fsp3) is 0.615. The van der Waals surface area contributed by atoms with Crippen LogP contribution in [0, 0.1) is 0 Å². The van der Waals surface area contributed by atoms with Crippen molar-refractivity contribution >= 4 is 0 Å². The molecular formula is C13H20N2O. The standard InChI is InChI=1S/C13H20N2O/c1-11(12-4-7-14-8-5-12)15-13-3-2-9-16-10-6-13/h4-5,7-8,11,13,15H,2-3,6,9-10H2,1H3. The van der Waals surface area contributed by atoms with Crippen LogP contribution in [0.15, 0.2) is 24.5 Å². The minimum atomic E-state index is 0.395. The van der Waals surface area contributed by atoms with Crippen molar-refractivity contribution < 1.29 is 4.74 Å². The Morgan fingerprint density at radius 1 is 1.31 bits per heavy atom. The van der Waals surface area contributed by atoms with E-state index in [0.717, 1.165) is 19.6 Å². The van der Waals surface area contributed by atoms with E-state index in [1.165, 1.54) is 18.4 Å².